The van der Waals surface area contributed by atoms with Crippen LogP contribution < -0.4 is 5.32 Å². The first-order valence-corrected chi connectivity index (χ1v) is 5.77. The van der Waals surface area contributed by atoms with Crippen molar-refractivity contribution in [1.82, 2.24) is 9.88 Å². The molecule has 0 aliphatic heterocycles. The van der Waals surface area contributed by atoms with Gasteiger partial charge in [0.1, 0.15) is 6.54 Å². The summed E-state index contributed by atoms with van der Waals surface area (Å²) in [5, 5.41) is 12.4. The van der Waals surface area contributed by atoms with Crippen molar-refractivity contribution in [2.45, 2.75) is 31.9 Å². The normalized spacial score (nSPS) is 18.2. The van der Waals surface area contributed by atoms with Crippen LogP contribution in [0, 0.1) is 12.3 Å². The highest BCUT2D eigenvalue weighted by molar-refractivity contribution is 5.76. The third kappa shape index (κ3) is 2.69. The molecule has 2 rings (SSSR count). The number of aromatic nitrogens is 1. The van der Waals surface area contributed by atoms with Gasteiger partial charge in [-0.15, -0.1) is 6.42 Å². The Kier molecular flexibility index (Phi) is 3.50. The smallest absolute Gasteiger partial charge is 0.240 e. The van der Waals surface area contributed by atoms with E-state index in [2.05, 4.69) is 11.2 Å². The number of hydrogen-bond donors (Lipinski definition) is 2. The SMILES string of the molecule is C#CCNC(=O)Cn1cc2c(c1)C(O)CCC2. The van der Waals surface area contributed by atoms with E-state index in [1.54, 1.807) is 0 Å². The van der Waals surface area contributed by atoms with Crippen molar-refractivity contribution in [2.24, 2.45) is 0 Å². The van der Waals surface area contributed by atoms with Crippen LogP contribution in [-0.2, 0) is 17.8 Å². The molecule has 0 bridgehead atoms. The summed E-state index contributed by atoms with van der Waals surface area (Å²) in [4.78, 5) is 11.5. The van der Waals surface area contributed by atoms with Crippen molar-refractivity contribution in [3.05, 3.63) is 23.5 Å². The topological polar surface area (TPSA) is 54.3 Å². The molecule has 1 aromatic heterocycles. The van der Waals surface area contributed by atoms with E-state index >= 15 is 0 Å². The fraction of sp³-hybridized carbons (Fsp3) is 0.462. The summed E-state index contributed by atoms with van der Waals surface area (Å²) in [6, 6.07) is 0. The number of hydrogen-bond acceptors (Lipinski definition) is 2. The lowest BCUT2D eigenvalue weighted by Crippen LogP contribution is -2.27. The number of fused-ring (bicyclic) bond motifs is 1. The highest BCUT2D eigenvalue weighted by atomic mass is 16.3. The summed E-state index contributed by atoms with van der Waals surface area (Å²) in [6.07, 6.45) is 11.3. The number of aliphatic hydroxyl groups excluding tert-OH is 1. The van der Waals surface area contributed by atoms with Crippen LogP contribution in [0.25, 0.3) is 0 Å². The van der Waals surface area contributed by atoms with Crippen molar-refractivity contribution < 1.29 is 9.90 Å². The average Bonchev–Trinajstić information content (AvgIpc) is 2.70. The number of rotatable bonds is 3. The molecule has 1 atom stereocenters. The number of aliphatic hydroxyl groups is 1. The maximum atomic E-state index is 11.5. The van der Waals surface area contributed by atoms with Crippen LogP contribution in [0.1, 0.15) is 30.1 Å². The van der Waals surface area contributed by atoms with Gasteiger partial charge in [0.2, 0.25) is 5.91 Å². The Hall–Kier alpha value is -1.73. The molecule has 0 aromatic carbocycles. The summed E-state index contributed by atoms with van der Waals surface area (Å²) in [6.45, 7) is 0.504. The third-order valence-corrected chi connectivity index (χ3v) is 2.99. The maximum absolute atomic E-state index is 11.5. The largest absolute Gasteiger partial charge is 0.388 e. The van der Waals surface area contributed by atoms with E-state index in [4.69, 9.17) is 6.42 Å². The zero-order chi connectivity index (χ0) is 12.3. The first-order valence-electron chi connectivity index (χ1n) is 5.77. The molecule has 1 aliphatic carbocycles. The molecule has 2 N–H and O–H groups in total. The summed E-state index contributed by atoms with van der Waals surface area (Å²) in [5.41, 5.74) is 2.11. The molecule has 0 saturated carbocycles. The zero-order valence-electron chi connectivity index (χ0n) is 9.65. The number of nitrogens with zero attached hydrogens (tertiary/aromatic N) is 1. The van der Waals surface area contributed by atoms with E-state index in [0.717, 1.165) is 30.4 Å². The second kappa shape index (κ2) is 5.07. The van der Waals surface area contributed by atoms with Crippen LogP contribution >= 0.6 is 0 Å². The zero-order valence-corrected chi connectivity index (χ0v) is 9.65. The molecule has 4 nitrogen and oxygen atoms in total. The highest BCUT2D eigenvalue weighted by Gasteiger charge is 2.20. The number of terminal acetylenes is 1. The Morgan fingerprint density at radius 3 is 3.18 bits per heavy atom. The van der Waals surface area contributed by atoms with E-state index in [1.165, 1.54) is 0 Å². The van der Waals surface area contributed by atoms with Gasteiger partial charge in [-0.25, -0.2) is 0 Å². The fourth-order valence-electron chi connectivity index (χ4n) is 2.19. The molecular formula is C13H16N2O2. The molecule has 0 spiro atoms. The van der Waals surface area contributed by atoms with Crippen LogP contribution in [0.3, 0.4) is 0 Å². The molecule has 4 heteroatoms. The van der Waals surface area contributed by atoms with E-state index < -0.39 is 0 Å². The molecule has 0 fully saturated rings. The Morgan fingerprint density at radius 1 is 1.65 bits per heavy atom. The quantitative estimate of drug-likeness (QED) is 0.750. The molecule has 90 valence electrons. The molecule has 1 aromatic rings. The average molecular weight is 232 g/mol. The second-order valence-electron chi connectivity index (χ2n) is 4.30. The number of nitrogens with one attached hydrogen (secondary N) is 1. The van der Waals surface area contributed by atoms with Gasteiger partial charge in [0, 0.05) is 18.0 Å². The standard InChI is InChI=1S/C13H16N2O2/c1-2-6-14-13(17)9-15-7-10-4-3-5-12(16)11(10)8-15/h1,7-8,12,16H,3-6,9H2,(H,14,17). The van der Waals surface area contributed by atoms with Gasteiger partial charge in [0.15, 0.2) is 0 Å². The van der Waals surface area contributed by atoms with Gasteiger partial charge in [0.25, 0.3) is 0 Å². The molecule has 1 heterocycles. The number of amides is 1. The number of aryl methyl sites for hydroxylation is 1. The van der Waals surface area contributed by atoms with Crippen molar-refractivity contribution in [3.8, 4) is 12.3 Å². The number of carbonyl (C=O) groups excluding carboxylic acids is 1. The fourth-order valence-corrected chi connectivity index (χ4v) is 2.19. The van der Waals surface area contributed by atoms with Crippen LogP contribution in [0.15, 0.2) is 12.4 Å². The summed E-state index contributed by atoms with van der Waals surface area (Å²) in [7, 11) is 0. The van der Waals surface area contributed by atoms with Gasteiger partial charge in [-0.3, -0.25) is 4.79 Å². The molecule has 1 unspecified atom stereocenters. The molecule has 0 saturated heterocycles. The lowest BCUT2D eigenvalue weighted by Gasteiger charge is -2.16. The van der Waals surface area contributed by atoms with Crippen molar-refractivity contribution in [1.29, 1.82) is 0 Å². The van der Waals surface area contributed by atoms with Crippen LogP contribution in [0.2, 0.25) is 0 Å². The predicted molar refractivity (Wildman–Crippen MR) is 64.2 cm³/mol. The highest BCUT2D eigenvalue weighted by Crippen LogP contribution is 2.29. The van der Waals surface area contributed by atoms with E-state index in [9.17, 15) is 9.90 Å². The molecule has 1 amide bonds. The van der Waals surface area contributed by atoms with Crippen LogP contribution in [-0.4, -0.2) is 22.1 Å². The van der Waals surface area contributed by atoms with Gasteiger partial charge < -0.3 is 15.0 Å². The van der Waals surface area contributed by atoms with Gasteiger partial charge in [-0.05, 0) is 24.8 Å². The number of carbonyl (C=O) groups is 1. The minimum atomic E-state index is -0.381. The Balaban J connectivity index is 2.03. The minimum absolute atomic E-state index is 0.107. The molecule has 1 aliphatic rings. The molecular weight excluding hydrogens is 216 g/mol. The first kappa shape index (κ1) is 11.7. The van der Waals surface area contributed by atoms with Gasteiger partial charge in [-0.1, -0.05) is 5.92 Å². The van der Waals surface area contributed by atoms with Crippen molar-refractivity contribution in [2.75, 3.05) is 6.54 Å². The van der Waals surface area contributed by atoms with Gasteiger partial charge in [-0.2, -0.15) is 0 Å². The lowest BCUT2D eigenvalue weighted by molar-refractivity contribution is -0.121. The first-order chi connectivity index (χ1) is 8.20. The summed E-state index contributed by atoms with van der Waals surface area (Å²) >= 11 is 0. The lowest BCUT2D eigenvalue weighted by atomic mass is 9.93. The predicted octanol–water partition coefficient (Wildman–Crippen LogP) is 0.607. The van der Waals surface area contributed by atoms with E-state index in [0.29, 0.717) is 0 Å². The maximum Gasteiger partial charge on any atom is 0.240 e. The van der Waals surface area contributed by atoms with Crippen molar-refractivity contribution >= 4 is 5.91 Å². The van der Waals surface area contributed by atoms with Crippen LogP contribution in [0.5, 0.6) is 0 Å². The van der Waals surface area contributed by atoms with Gasteiger partial charge >= 0.3 is 0 Å². The summed E-state index contributed by atoms with van der Waals surface area (Å²) < 4.78 is 1.81. The second-order valence-corrected chi connectivity index (χ2v) is 4.30. The van der Waals surface area contributed by atoms with Gasteiger partial charge in [0.05, 0.1) is 12.6 Å². The molecule has 17 heavy (non-hydrogen) atoms. The third-order valence-electron chi connectivity index (χ3n) is 2.99. The Labute approximate surface area is 101 Å². The van der Waals surface area contributed by atoms with Crippen molar-refractivity contribution in [3.63, 3.8) is 0 Å². The Morgan fingerprint density at radius 2 is 2.47 bits per heavy atom. The minimum Gasteiger partial charge on any atom is -0.388 e. The van der Waals surface area contributed by atoms with E-state index in [1.807, 2.05) is 17.0 Å². The molecule has 0 radical (unpaired) electrons. The summed E-state index contributed by atoms with van der Waals surface area (Å²) in [5.74, 6) is 2.25. The van der Waals surface area contributed by atoms with Crippen LogP contribution in [0.4, 0.5) is 0 Å². The monoisotopic (exact) mass is 232 g/mol. The van der Waals surface area contributed by atoms with E-state index in [-0.39, 0.29) is 25.1 Å². The Bertz CT molecular complexity index is 456.